The molecule has 0 amide bonds. The summed E-state index contributed by atoms with van der Waals surface area (Å²) in [7, 11) is 1.25. The van der Waals surface area contributed by atoms with Gasteiger partial charge in [-0.1, -0.05) is 27.7 Å². The van der Waals surface area contributed by atoms with E-state index in [2.05, 4.69) is 20.8 Å². The molecule has 0 heterocycles. The molecule has 0 N–H and O–H groups in total. The fraction of sp³-hybridized carbons (Fsp3) is 0.833. The number of hydrogen-bond donors (Lipinski definition) is 0. The molecule has 0 aromatic rings. The Morgan fingerprint density at radius 2 is 1.25 bits per heavy atom. The molecule has 48 valence electrons. The van der Waals surface area contributed by atoms with Gasteiger partial charge in [-0.25, -0.2) is 0 Å². The third kappa shape index (κ3) is 87.5. The van der Waals surface area contributed by atoms with E-state index in [1.165, 1.54) is 13.8 Å². The smallest absolute Gasteiger partial charge is 0.0194 e. The minimum absolute atomic E-state index is 0. The topological polar surface area (TPSA) is 0 Å². The summed E-state index contributed by atoms with van der Waals surface area (Å²) in [5.74, 6) is 0. The second kappa shape index (κ2) is 60.3. The van der Waals surface area contributed by atoms with E-state index in [0.717, 1.165) is 0 Å². The van der Waals surface area contributed by atoms with Crippen LogP contribution < -0.4 is 0 Å². The van der Waals surface area contributed by atoms with Crippen LogP contribution in [0.4, 0.5) is 0 Å². The molecule has 0 atom stereocenters. The van der Waals surface area contributed by atoms with Crippen molar-refractivity contribution in [3.63, 3.8) is 0 Å². The van der Waals surface area contributed by atoms with E-state index >= 15 is 0 Å². The monoisotopic (exact) mass is 269 g/mol. The van der Waals surface area contributed by atoms with Crippen molar-refractivity contribution in [3.8, 4) is 0 Å². The Morgan fingerprint density at radius 1 is 1.25 bits per heavy atom. The van der Waals surface area contributed by atoms with Crippen LogP contribution >= 0.6 is 0 Å². The van der Waals surface area contributed by atoms with E-state index in [1.807, 2.05) is 0 Å². The van der Waals surface area contributed by atoms with Gasteiger partial charge in [0.2, 0.25) is 0 Å². The largest absolute Gasteiger partial charge is 0.346 e. The molecule has 0 spiro atoms. The van der Waals surface area contributed by atoms with Crippen molar-refractivity contribution >= 4 is 0 Å². The van der Waals surface area contributed by atoms with Gasteiger partial charge in [0.1, 0.15) is 0 Å². The minimum Gasteiger partial charge on any atom is -0.346 e. The molecule has 8 heavy (non-hydrogen) atoms. The molecule has 0 rings (SSSR count). The predicted octanol–water partition coefficient (Wildman–Crippen LogP) is 2.89. The van der Waals surface area contributed by atoms with Crippen molar-refractivity contribution in [1.29, 1.82) is 0 Å². The second-order valence-corrected chi connectivity index (χ2v) is 0.707. The summed E-state index contributed by atoms with van der Waals surface area (Å²) >= 11 is 0. The van der Waals surface area contributed by atoms with Gasteiger partial charge < -0.3 is 6.92 Å². The number of rotatable bonds is 0. The Kier molecular flexibility index (Phi) is 169. The molecule has 0 aromatic heterocycles. The van der Waals surface area contributed by atoms with Crippen LogP contribution in [0.3, 0.4) is 0 Å². The van der Waals surface area contributed by atoms with Crippen molar-refractivity contribution < 1.29 is 66.8 Å². The first-order valence-corrected chi connectivity index (χ1v) is 2.12. The average Bonchev–Trinajstić information content (AvgIpc) is 1.78. The van der Waals surface area contributed by atoms with E-state index in [-0.39, 0.29) is 65.4 Å². The minimum atomic E-state index is 0. The summed E-state index contributed by atoms with van der Waals surface area (Å²) in [5, 5.41) is 0. The third-order valence-corrected chi connectivity index (χ3v) is 0. The third-order valence-electron chi connectivity index (χ3n) is 0. The van der Waals surface area contributed by atoms with E-state index in [0.29, 0.717) is 0 Å². The Morgan fingerprint density at radius 3 is 1.25 bits per heavy atom. The summed E-state index contributed by atoms with van der Waals surface area (Å²) in [6.45, 7) is 9.25. The first-order chi connectivity index (χ1) is 3.41. The molecule has 0 saturated heterocycles. The molecular weight excluding hydrogens is 250 g/mol. The van der Waals surface area contributed by atoms with Crippen LogP contribution in [-0.4, -0.2) is 0 Å². The van der Waals surface area contributed by atoms with Crippen molar-refractivity contribution in [3.05, 3.63) is 6.92 Å². The molecule has 0 unspecified atom stereocenters. The molecule has 0 aliphatic carbocycles. The maximum absolute atomic E-state index is 5.75. The van der Waals surface area contributed by atoms with Gasteiger partial charge in [-0.2, -0.15) is 6.92 Å². The molecule has 0 aliphatic rings. The molecule has 0 nitrogen and oxygen atoms in total. The summed E-state index contributed by atoms with van der Waals surface area (Å²) in [4.78, 5) is 0. The Bertz CT molecular complexity index is 11.0. The Hall–Kier alpha value is 2.21. The van der Waals surface area contributed by atoms with Gasteiger partial charge >= 0.3 is 0 Å². The number of hydrogen-bond acceptors (Lipinski definition) is 0. The van der Waals surface area contributed by atoms with Gasteiger partial charge in [0.25, 0.3) is 0 Å². The van der Waals surface area contributed by atoms with Crippen LogP contribution in [0.1, 0.15) is 36.0 Å². The van der Waals surface area contributed by atoms with Gasteiger partial charge in [-0.3, -0.25) is 0 Å². The van der Waals surface area contributed by atoms with Crippen LogP contribution in [-0.2, 0) is 65.4 Å². The van der Waals surface area contributed by atoms with E-state index in [1.54, 1.807) is 6.92 Å². The van der Waals surface area contributed by atoms with E-state index < -0.39 is 0 Å². The van der Waals surface area contributed by atoms with Crippen molar-refractivity contribution in [2.24, 2.45) is 0 Å². The zero-order valence-electron chi connectivity index (χ0n) is 7.57. The fourth-order valence-corrected chi connectivity index (χ4v) is 0. The van der Waals surface area contributed by atoms with E-state index in [4.69, 9.17) is 1.37 Å². The van der Waals surface area contributed by atoms with Crippen LogP contribution in [0.25, 0.3) is 0 Å². The van der Waals surface area contributed by atoms with Gasteiger partial charge in [-0.05, 0) is 0 Å². The second-order valence-electron chi connectivity index (χ2n) is 0.707. The van der Waals surface area contributed by atoms with Crippen molar-refractivity contribution in [1.82, 2.24) is 0 Å². The Balaban J connectivity index is -0.00000000825. The molecule has 0 bridgehead atoms. The van der Waals surface area contributed by atoms with Gasteiger partial charge in [0.15, 0.2) is 0 Å². The van der Waals surface area contributed by atoms with Crippen LogP contribution in [0.2, 0.25) is 0 Å². The SMILES string of the molecule is CCC.[3H]C.[CH2-]C.[Y].[Y]. The molecule has 2 heteroatoms. The molecule has 2 radical (unpaired) electrons. The summed E-state index contributed by atoms with van der Waals surface area (Å²) in [6.07, 6.45) is 1.25. The predicted molar refractivity (Wildman–Crippen MR) is 33.7 cm³/mol. The fourth-order valence-electron chi connectivity index (χ4n) is 0. The zero-order chi connectivity index (χ0) is 6.71. The maximum Gasteiger partial charge on any atom is 0.0194 e. The molecule has 0 saturated carbocycles. The average molecular weight is 269 g/mol. The van der Waals surface area contributed by atoms with Crippen LogP contribution in [0, 0.1) is 6.92 Å². The van der Waals surface area contributed by atoms with Gasteiger partial charge in [-0.15, -0.1) is 0 Å². The van der Waals surface area contributed by atoms with Crippen LogP contribution in [0.5, 0.6) is 0 Å². The zero-order valence-corrected chi connectivity index (χ0v) is 12.2. The summed E-state index contributed by atoms with van der Waals surface area (Å²) in [5.41, 5.74) is 0. The molecule has 0 fully saturated rings. The first kappa shape index (κ1) is 22.5. The summed E-state index contributed by atoms with van der Waals surface area (Å²) in [6, 6.07) is 0. The van der Waals surface area contributed by atoms with E-state index in [9.17, 15) is 0 Å². The maximum atomic E-state index is 5.75. The first-order valence-electron chi connectivity index (χ1n) is 3.12. The van der Waals surface area contributed by atoms with Gasteiger partial charge in [0.05, 0.1) is 0 Å². The Labute approximate surface area is 107 Å². The van der Waals surface area contributed by atoms with Crippen molar-refractivity contribution in [2.75, 3.05) is 0 Å². The molecule has 0 aromatic carbocycles. The normalized spacial score (nSPS) is 3.88. The van der Waals surface area contributed by atoms with Crippen LogP contribution in [0.15, 0.2) is 0 Å². The quantitative estimate of drug-likeness (QED) is 0.593. The molecule has 0 aliphatic heterocycles. The van der Waals surface area contributed by atoms with Crippen molar-refractivity contribution in [2.45, 2.75) is 34.6 Å². The standard InChI is InChI=1S/C3H8.C2H5.CH4.2Y/c1-3-2;1-2;;;/h3H2,1-2H3;1H2,2H3;1H4;;/q;-1;;;/i;;1T;;. The van der Waals surface area contributed by atoms with Gasteiger partial charge in [0, 0.05) is 66.8 Å². The summed E-state index contributed by atoms with van der Waals surface area (Å²) < 4.78 is 5.75. The molecular formula is C6H17Y2-.